The van der Waals surface area contributed by atoms with E-state index in [-0.39, 0.29) is 28.5 Å². The van der Waals surface area contributed by atoms with Gasteiger partial charge in [-0.1, -0.05) is 0 Å². The van der Waals surface area contributed by atoms with Crippen LogP contribution in [0.1, 0.15) is 84.2 Å². The van der Waals surface area contributed by atoms with Gasteiger partial charge in [0.05, 0.1) is 42.3 Å². The maximum atomic E-state index is 13.7. The number of anilines is 4. The lowest BCUT2D eigenvalue weighted by atomic mass is 9.95. The number of nitrogen functional groups attached to an aromatic ring is 1. The SMILES string of the molecule is CC1=C(Nc2ccc(C(=O)O)cc2C(F)(F)F)CCCC1=O.COc1ccc(N)cc1.COc1ccc(NC(=O)c2ccc(NC3=C(C)C(=O)CCC3)c(C(F)(F)F)c2)cc1. The third-order valence-corrected chi connectivity index (χ3v) is 9.60. The van der Waals surface area contributed by atoms with Crippen LogP contribution in [0.5, 0.6) is 11.5 Å². The van der Waals surface area contributed by atoms with Gasteiger partial charge in [0.25, 0.3) is 5.91 Å². The van der Waals surface area contributed by atoms with Crippen LogP contribution in [0.15, 0.2) is 107 Å². The van der Waals surface area contributed by atoms with E-state index in [1.807, 2.05) is 12.1 Å². The van der Waals surface area contributed by atoms with Gasteiger partial charge < -0.3 is 36.3 Å². The fraction of sp³-hybridized carbons (Fsp3) is 0.273. The summed E-state index contributed by atoms with van der Waals surface area (Å²) in [6.07, 6.45) is -6.44. The molecule has 4 aromatic carbocycles. The number of carboxylic acid groups (broad SMARTS) is 1. The van der Waals surface area contributed by atoms with E-state index in [0.29, 0.717) is 78.6 Å². The van der Waals surface area contributed by atoms with Gasteiger partial charge in [0.1, 0.15) is 11.5 Å². The van der Waals surface area contributed by atoms with Crippen LogP contribution < -0.4 is 31.2 Å². The number of hydrogen-bond acceptors (Lipinski definition) is 9. The van der Waals surface area contributed by atoms with Crippen molar-refractivity contribution in [2.24, 2.45) is 0 Å². The van der Waals surface area contributed by atoms with Crippen LogP contribution in [0.3, 0.4) is 0 Å². The average Bonchev–Trinajstić information content (AvgIpc) is 3.21. The summed E-state index contributed by atoms with van der Waals surface area (Å²) in [6.45, 7) is 3.18. The van der Waals surface area contributed by atoms with Gasteiger partial charge >= 0.3 is 18.3 Å². The Morgan fingerprint density at radius 2 is 1.03 bits per heavy atom. The van der Waals surface area contributed by atoms with Crippen molar-refractivity contribution in [2.45, 2.75) is 64.7 Å². The molecule has 0 radical (unpaired) electrons. The number of alkyl halides is 6. The summed E-state index contributed by atoms with van der Waals surface area (Å²) >= 11 is 0. The van der Waals surface area contributed by atoms with Crippen LogP contribution in [-0.4, -0.2) is 42.8 Å². The number of allylic oxidation sites excluding steroid dienone is 4. The summed E-state index contributed by atoms with van der Waals surface area (Å²) in [7, 11) is 3.13. The molecule has 0 saturated heterocycles. The number of benzene rings is 4. The van der Waals surface area contributed by atoms with Crippen molar-refractivity contribution in [2.75, 3.05) is 35.9 Å². The number of carbonyl (C=O) groups excluding carboxylic acids is 3. The Labute approximate surface area is 347 Å². The lowest BCUT2D eigenvalue weighted by Gasteiger charge is -2.21. The molecule has 0 bridgehead atoms. The van der Waals surface area contributed by atoms with Crippen LogP contribution in [-0.2, 0) is 21.9 Å². The molecule has 0 spiro atoms. The van der Waals surface area contributed by atoms with Crippen LogP contribution in [0.4, 0.5) is 49.1 Å². The van der Waals surface area contributed by atoms with Crippen molar-refractivity contribution in [1.82, 2.24) is 0 Å². The number of carbonyl (C=O) groups is 4. The molecular formula is C44H44F6N4O7. The number of aromatic carboxylic acids is 1. The number of amides is 1. The molecule has 0 atom stereocenters. The standard InChI is InChI=1S/C22H21F3N2O3.C15H14F3NO3.C7H9NO/c1-13-18(4-3-5-20(13)28)27-19-11-6-14(12-17(19)22(23,24)25)21(29)26-15-7-9-16(30-2)10-8-15;1-8-11(3-2-4-13(8)20)19-12-6-5-9(14(21)22)7-10(12)15(16,17)18;1-9-7-4-2-6(8)3-5-7/h6-12,27H,3-5H2,1-2H3,(H,26,29);5-7,19H,2-4H2,1H3,(H,21,22);2-5H,8H2,1H3. The monoisotopic (exact) mass is 854 g/mol. The van der Waals surface area contributed by atoms with Crippen molar-refractivity contribution < 1.29 is 60.1 Å². The van der Waals surface area contributed by atoms with Gasteiger partial charge in [0.15, 0.2) is 11.6 Å². The minimum Gasteiger partial charge on any atom is -0.497 e. The third-order valence-electron chi connectivity index (χ3n) is 9.60. The van der Waals surface area contributed by atoms with Crippen molar-refractivity contribution in [3.8, 4) is 11.5 Å². The van der Waals surface area contributed by atoms with Crippen molar-refractivity contribution in [1.29, 1.82) is 0 Å². The number of rotatable bonds is 9. The second-order valence-electron chi connectivity index (χ2n) is 13.8. The number of nitrogens with one attached hydrogen (secondary N) is 3. The zero-order chi connectivity index (χ0) is 45.1. The van der Waals surface area contributed by atoms with Crippen molar-refractivity contribution in [3.63, 3.8) is 0 Å². The van der Waals surface area contributed by atoms with E-state index in [1.54, 1.807) is 57.4 Å². The molecule has 6 N–H and O–H groups in total. The van der Waals surface area contributed by atoms with E-state index >= 15 is 0 Å². The van der Waals surface area contributed by atoms with E-state index in [1.165, 1.54) is 19.2 Å². The lowest BCUT2D eigenvalue weighted by molar-refractivity contribution is -0.137. The first-order valence-electron chi connectivity index (χ1n) is 18.7. The molecule has 0 unspecified atom stereocenters. The van der Waals surface area contributed by atoms with E-state index in [0.717, 1.165) is 29.6 Å². The van der Waals surface area contributed by atoms with Crippen LogP contribution in [0, 0.1) is 0 Å². The number of methoxy groups -OCH3 is 2. The summed E-state index contributed by atoms with van der Waals surface area (Å²) < 4.78 is 90.2. The quantitative estimate of drug-likeness (QED) is 0.0807. The molecule has 0 saturated carbocycles. The van der Waals surface area contributed by atoms with E-state index < -0.39 is 40.9 Å². The van der Waals surface area contributed by atoms with Gasteiger partial charge in [-0.3, -0.25) is 14.4 Å². The number of hydrogen-bond donors (Lipinski definition) is 5. The Hall–Kier alpha value is -6.78. The summed E-state index contributed by atoms with van der Waals surface area (Å²) in [5, 5.41) is 16.8. The minimum absolute atomic E-state index is 0.0761. The summed E-state index contributed by atoms with van der Waals surface area (Å²) in [5.74, 6) is -0.837. The molecule has 0 heterocycles. The van der Waals surface area contributed by atoms with E-state index in [4.69, 9.17) is 20.3 Å². The molecule has 11 nitrogen and oxygen atoms in total. The van der Waals surface area contributed by atoms with Crippen molar-refractivity contribution >= 4 is 46.2 Å². The predicted molar refractivity (Wildman–Crippen MR) is 219 cm³/mol. The van der Waals surface area contributed by atoms with Gasteiger partial charge in [-0.05, 0) is 124 Å². The smallest absolute Gasteiger partial charge is 0.418 e. The van der Waals surface area contributed by atoms with Gasteiger partial charge in [-0.25, -0.2) is 4.79 Å². The molecule has 4 aromatic rings. The van der Waals surface area contributed by atoms with Crippen LogP contribution >= 0.6 is 0 Å². The first-order valence-corrected chi connectivity index (χ1v) is 18.7. The van der Waals surface area contributed by atoms with Crippen LogP contribution in [0.2, 0.25) is 0 Å². The molecule has 17 heteroatoms. The zero-order valence-corrected chi connectivity index (χ0v) is 33.6. The maximum absolute atomic E-state index is 13.7. The second kappa shape index (κ2) is 20.5. The highest BCUT2D eigenvalue weighted by atomic mass is 19.4. The molecule has 2 aliphatic carbocycles. The van der Waals surface area contributed by atoms with Gasteiger partial charge in [-0.15, -0.1) is 0 Å². The Balaban J connectivity index is 0.000000230. The lowest BCUT2D eigenvalue weighted by Crippen LogP contribution is -2.18. The molecule has 2 aliphatic rings. The normalized spacial score (nSPS) is 14.2. The van der Waals surface area contributed by atoms with Crippen molar-refractivity contribution in [3.05, 3.63) is 130 Å². The summed E-state index contributed by atoms with van der Waals surface area (Å²) in [5.41, 5.74) is 5.36. The third kappa shape index (κ3) is 13.1. The topological polar surface area (TPSA) is 169 Å². The molecule has 6 rings (SSSR count). The molecule has 0 aliphatic heterocycles. The highest BCUT2D eigenvalue weighted by Gasteiger charge is 2.36. The van der Waals surface area contributed by atoms with Gasteiger partial charge in [0, 0.05) is 52.3 Å². The summed E-state index contributed by atoms with van der Waals surface area (Å²) in [6, 6.07) is 19.8. The molecule has 1 amide bonds. The number of Topliss-reactive ketones (excluding diaryl/α,β-unsaturated/α-hetero) is 2. The van der Waals surface area contributed by atoms with Gasteiger partial charge in [0.2, 0.25) is 0 Å². The number of halogens is 6. The number of ether oxygens (including phenoxy) is 2. The maximum Gasteiger partial charge on any atom is 0.418 e. The number of carboxylic acids is 1. The molecule has 61 heavy (non-hydrogen) atoms. The first-order chi connectivity index (χ1) is 28.7. The molecular weight excluding hydrogens is 810 g/mol. The fourth-order valence-corrected chi connectivity index (χ4v) is 6.11. The Bertz CT molecular complexity index is 2300. The fourth-order valence-electron chi connectivity index (χ4n) is 6.11. The molecule has 0 fully saturated rings. The highest BCUT2D eigenvalue weighted by Crippen LogP contribution is 2.39. The second-order valence-corrected chi connectivity index (χ2v) is 13.8. The Kier molecular flexibility index (Phi) is 15.7. The average molecular weight is 855 g/mol. The number of nitrogens with two attached hydrogens (primary N) is 1. The predicted octanol–water partition coefficient (Wildman–Crippen LogP) is 10.5. The largest absolute Gasteiger partial charge is 0.497 e. The summed E-state index contributed by atoms with van der Waals surface area (Å²) in [4.78, 5) is 46.8. The Morgan fingerprint density at radius 3 is 1.44 bits per heavy atom. The minimum atomic E-state index is -4.69. The molecule has 0 aromatic heterocycles. The van der Waals surface area contributed by atoms with E-state index in [2.05, 4.69) is 16.0 Å². The highest BCUT2D eigenvalue weighted by molar-refractivity contribution is 6.05. The van der Waals surface area contributed by atoms with Crippen LogP contribution in [0.25, 0.3) is 0 Å². The number of ketones is 2. The first kappa shape index (κ1) is 46.9. The van der Waals surface area contributed by atoms with E-state index in [9.17, 15) is 45.5 Å². The molecule has 324 valence electrons. The Morgan fingerprint density at radius 1 is 0.623 bits per heavy atom. The van der Waals surface area contributed by atoms with Gasteiger partial charge in [-0.2, -0.15) is 26.3 Å². The zero-order valence-electron chi connectivity index (χ0n) is 33.6.